The molecule has 3 aliphatic rings. The highest BCUT2D eigenvalue weighted by Crippen LogP contribution is 2.54. The van der Waals surface area contributed by atoms with E-state index in [4.69, 9.17) is 28.1 Å². The number of rotatable bonds is 26. The first kappa shape index (κ1) is 42.9. The van der Waals surface area contributed by atoms with Gasteiger partial charge < -0.3 is 28.1 Å². The van der Waals surface area contributed by atoms with Crippen molar-refractivity contribution in [1.29, 1.82) is 0 Å². The summed E-state index contributed by atoms with van der Waals surface area (Å²) in [5, 5.41) is 0. The average molecular weight is 799 g/mol. The van der Waals surface area contributed by atoms with Crippen molar-refractivity contribution < 1.29 is 28.1 Å². The molecule has 59 heavy (non-hydrogen) atoms. The SMILES string of the molecule is CCCCCCCCCCCCC1(CCCCCCCCCCCC)c2cc(B3Oc4ccc(OC)cc4O3)ccc2-c2ccc(B3Oc4ccc(OC)cc4O3)cc21. The van der Waals surface area contributed by atoms with Crippen molar-refractivity contribution in [3.63, 3.8) is 0 Å². The highest BCUT2D eigenvalue weighted by molar-refractivity contribution is 6.64. The second-order valence-electron chi connectivity index (χ2n) is 17.3. The molecule has 1 aliphatic carbocycles. The monoisotopic (exact) mass is 799 g/mol. The molecule has 0 amide bonds. The normalized spacial score (nSPS) is 14.2. The Morgan fingerprint density at radius 2 is 0.763 bits per heavy atom. The van der Waals surface area contributed by atoms with Crippen LogP contribution in [0.1, 0.15) is 166 Å². The molecule has 4 aromatic rings. The van der Waals surface area contributed by atoms with Crippen molar-refractivity contribution in [2.45, 2.75) is 161 Å². The Hall–Kier alpha value is -4.19. The van der Waals surface area contributed by atoms with Gasteiger partial charge in [0.15, 0.2) is 0 Å². The molecule has 0 atom stereocenters. The highest BCUT2D eigenvalue weighted by atomic mass is 16.6. The van der Waals surface area contributed by atoms with E-state index in [-0.39, 0.29) is 5.41 Å². The van der Waals surface area contributed by atoms with Crippen molar-refractivity contribution >= 4 is 25.2 Å². The first-order chi connectivity index (χ1) is 29.1. The lowest BCUT2D eigenvalue weighted by Crippen LogP contribution is -2.41. The second kappa shape index (κ2) is 21.4. The molecule has 0 N–H and O–H groups in total. The topological polar surface area (TPSA) is 55.4 Å². The van der Waals surface area contributed by atoms with Gasteiger partial charge in [0.05, 0.1) is 14.2 Å². The summed E-state index contributed by atoms with van der Waals surface area (Å²) in [6.45, 7) is 4.60. The van der Waals surface area contributed by atoms with E-state index < -0.39 is 14.2 Å². The van der Waals surface area contributed by atoms with E-state index in [0.717, 1.165) is 58.3 Å². The molecule has 0 bridgehead atoms. The van der Waals surface area contributed by atoms with Gasteiger partial charge in [0, 0.05) is 28.5 Å². The third-order valence-corrected chi connectivity index (χ3v) is 13.1. The van der Waals surface area contributed by atoms with Gasteiger partial charge in [0.2, 0.25) is 0 Å². The molecule has 0 spiro atoms. The van der Waals surface area contributed by atoms with E-state index in [1.165, 1.54) is 151 Å². The van der Waals surface area contributed by atoms with Crippen LogP contribution in [-0.2, 0) is 5.41 Å². The van der Waals surface area contributed by atoms with E-state index in [9.17, 15) is 0 Å². The van der Waals surface area contributed by atoms with Crippen LogP contribution in [0.2, 0.25) is 0 Å². The van der Waals surface area contributed by atoms with E-state index in [1.807, 2.05) is 36.4 Å². The zero-order chi connectivity index (χ0) is 40.9. The molecule has 0 aromatic heterocycles. The molecule has 0 saturated carbocycles. The minimum absolute atomic E-state index is 0.139. The minimum atomic E-state index is -0.509. The second-order valence-corrected chi connectivity index (χ2v) is 17.3. The maximum absolute atomic E-state index is 6.46. The molecular formula is C51H68B2O6. The molecule has 0 saturated heterocycles. The van der Waals surface area contributed by atoms with Gasteiger partial charge in [-0.25, -0.2) is 0 Å². The summed E-state index contributed by atoms with van der Waals surface area (Å²) in [5.41, 5.74) is 7.44. The minimum Gasteiger partial charge on any atom is -0.519 e. The summed E-state index contributed by atoms with van der Waals surface area (Å²) in [4.78, 5) is 0. The Morgan fingerprint density at radius 3 is 1.14 bits per heavy atom. The summed E-state index contributed by atoms with van der Waals surface area (Å²) >= 11 is 0. The number of unbranched alkanes of at least 4 members (excludes halogenated alkanes) is 18. The molecule has 8 heteroatoms. The summed E-state index contributed by atoms with van der Waals surface area (Å²) < 4.78 is 36.8. The largest absolute Gasteiger partial charge is 0.632 e. The molecule has 0 radical (unpaired) electrons. The summed E-state index contributed by atoms with van der Waals surface area (Å²) in [6.07, 6.45) is 28.8. The maximum atomic E-state index is 6.46. The fourth-order valence-corrected chi connectivity index (χ4v) is 9.71. The fourth-order valence-electron chi connectivity index (χ4n) is 9.71. The predicted molar refractivity (Wildman–Crippen MR) is 245 cm³/mol. The Balaban J connectivity index is 1.15. The van der Waals surface area contributed by atoms with Gasteiger partial charge in [-0.2, -0.15) is 0 Å². The van der Waals surface area contributed by atoms with Crippen LogP contribution in [0.3, 0.4) is 0 Å². The molecule has 0 unspecified atom stereocenters. The van der Waals surface area contributed by atoms with Crippen LogP contribution in [0.15, 0.2) is 72.8 Å². The zero-order valence-electron chi connectivity index (χ0n) is 36.6. The van der Waals surface area contributed by atoms with Gasteiger partial charge >= 0.3 is 14.2 Å². The lowest BCUT2D eigenvalue weighted by molar-refractivity contribution is 0.397. The summed E-state index contributed by atoms with van der Waals surface area (Å²) in [7, 11) is 2.35. The van der Waals surface area contributed by atoms with Crippen molar-refractivity contribution in [2.75, 3.05) is 14.2 Å². The number of benzene rings is 4. The lowest BCUT2D eigenvalue weighted by Gasteiger charge is -2.33. The molecule has 6 nitrogen and oxygen atoms in total. The number of hydrogen-bond acceptors (Lipinski definition) is 6. The fraction of sp³-hybridized carbons (Fsp3) is 0.529. The van der Waals surface area contributed by atoms with E-state index in [2.05, 4.69) is 50.2 Å². The molecule has 0 fully saturated rings. The zero-order valence-corrected chi connectivity index (χ0v) is 36.6. The number of methoxy groups -OCH3 is 2. The Bertz CT molecular complexity index is 1810. The maximum Gasteiger partial charge on any atom is 0.632 e. The third-order valence-electron chi connectivity index (χ3n) is 13.1. The van der Waals surface area contributed by atoms with Crippen LogP contribution in [0.5, 0.6) is 34.5 Å². The van der Waals surface area contributed by atoms with Crippen LogP contribution < -0.4 is 39.0 Å². The Morgan fingerprint density at radius 1 is 0.407 bits per heavy atom. The van der Waals surface area contributed by atoms with Gasteiger partial charge in [-0.1, -0.05) is 179 Å². The third kappa shape index (κ3) is 10.4. The number of hydrogen-bond donors (Lipinski definition) is 0. The van der Waals surface area contributed by atoms with Gasteiger partial charge in [-0.15, -0.1) is 0 Å². The van der Waals surface area contributed by atoms with Crippen LogP contribution in [0.25, 0.3) is 11.1 Å². The Kier molecular flexibility index (Phi) is 15.5. The Labute approximate surface area is 356 Å². The average Bonchev–Trinajstić information content (AvgIpc) is 3.97. The molecule has 2 heterocycles. The molecule has 2 aliphatic heterocycles. The van der Waals surface area contributed by atoms with Gasteiger partial charge in [0.25, 0.3) is 0 Å². The van der Waals surface area contributed by atoms with Crippen molar-refractivity contribution in [1.82, 2.24) is 0 Å². The predicted octanol–water partition coefficient (Wildman–Crippen LogP) is 12.9. The van der Waals surface area contributed by atoms with Crippen LogP contribution in [0, 0.1) is 0 Å². The number of ether oxygens (including phenoxy) is 2. The van der Waals surface area contributed by atoms with Crippen LogP contribution in [-0.4, -0.2) is 28.5 Å². The van der Waals surface area contributed by atoms with Gasteiger partial charge in [-0.3, -0.25) is 0 Å². The quantitative estimate of drug-likeness (QED) is 0.0466. The molecule has 7 rings (SSSR count). The first-order valence-electron chi connectivity index (χ1n) is 23.4. The molecule has 4 aromatic carbocycles. The van der Waals surface area contributed by atoms with Crippen molar-refractivity contribution in [3.8, 4) is 45.6 Å². The van der Waals surface area contributed by atoms with E-state index in [0.29, 0.717) is 0 Å². The van der Waals surface area contributed by atoms with Crippen molar-refractivity contribution in [3.05, 3.63) is 83.9 Å². The highest BCUT2D eigenvalue weighted by Gasteiger charge is 2.46. The van der Waals surface area contributed by atoms with Crippen molar-refractivity contribution in [2.24, 2.45) is 0 Å². The van der Waals surface area contributed by atoms with Crippen LogP contribution in [0.4, 0.5) is 0 Å². The molecule has 314 valence electrons. The van der Waals surface area contributed by atoms with Crippen LogP contribution >= 0.6 is 0 Å². The first-order valence-corrected chi connectivity index (χ1v) is 23.4. The van der Waals surface area contributed by atoms with E-state index >= 15 is 0 Å². The van der Waals surface area contributed by atoms with Gasteiger partial charge in [0.1, 0.15) is 34.5 Å². The lowest BCUT2D eigenvalue weighted by atomic mass is 9.67. The number of fused-ring (bicyclic) bond motifs is 5. The van der Waals surface area contributed by atoms with Gasteiger partial charge in [-0.05, 0) is 59.4 Å². The summed E-state index contributed by atoms with van der Waals surface area (Å²) in [6, 6.07) is 25.5. The summed E-state index contributed by atoms with van der Waals surface area (Å²) in [5.74, 6) is 4.47. The smallest absolute Gasteiger partial charge is 0.519 e. The standard InChI is InChI=1S/C51H68B2O6/c1-5-7-9-11-13-15-17-19-21-23-33-51(34-24-22-20-18-16-14-12-10-8-6-2)45-35-39(52-56-47-31-27-41(54-3)37-49(47)58-52)25-29-43(45)44-30-26-40(36-46(44)51)53-57-48-32-28-42(55-4)38-50(48)59-53/h25-32,35-38H,5-24,33-34H2,1-4H3. The molecular weight excluding hydrogens is 730 g/mol. The van der Waals surface area contributed by atoms with E-state index in [1.54, 1.807) is 14.2 Å².